The minimum absolute atomic E-state index is 0.0391. The number of hydrogen-bond donors (Lipinski definition) is 1. The van der Waals surface area contributed by atoms with E-state index in [1.807, 2.05) is 11.0 Å². The van der Waals surface area contributed by atoms with E-state index in [-0.39, 0.29) is 5.91 Å². The van der Waals surface area contributed by atoms with E-state index in [1.165, 1.54) is 0 Å². The molecule has 2 aliphatic rings. The minimum atomic E-state index is 0.0391. The Morgan fingerprint density at radius 3 is 2.52 bits per heavy atom. The van der Waals surface area contributed by atoms with Crippen molar-refractivity contribution in [3.05, 3.63) is 42.4 Å². The first-order valence-electron chi connectivity index (χ1n) is 10.1. The third-order valence-electron chi connectivity index (χ3n) is 5.25. The Morgan fingerprint density at radius 2 is 1.76 bits per heavy atom. The molecule has 0 atom stereocenters. The van der Waals surface area contributed by atoms with Crippen LogP contribution in [-0.4, -0.2) is 96.2 Å². The molecule has 9 nitrogen and oxygen atoms in total. The molecule has 2 aromatic heterocycles. The molecule has 1 amide bonds. The number of anilines is 2. The van der Waals surface area contributed by atoms with Gasteiger partial charge in [0.05, 0.1) is 13.2 Å². The summed E-state index contributed by atoms with van der Waals surface area (Å²) in [6.45, 7) is 8.02. The van der Waals surface area contributed by atoms with Gasteiger partial charge in [-0.1, -0.05) is 0 Å². The number of morpholine rings is 1. The molecule has 29 heavy (non-hydrogen) atoms. The highest BCUT2D eigenvalue weighted by molar-refractivity contribution is 5.95. The van der Waals surface area contributed by atoms with Crippen molar-refractivity contribution >= 4 is 17.7 Å². The molecule has 2 fully saturated rings. The van der Waals surface area contributed by atoms with Crippen LogP contribution in [0.15, 0.2) is 36.8 Å². The molecule has 2 aromatic rings. The smallest absolute Gasteiger partial charge is 0.254 e. The van der Waals surface area contributed by atoms with Crippen molar-refractivity contribution in [1.29, 1.82) is 0 Å². The number of nitrogens with zero attached hydrogens (tertiary/aromatic N) is 6. The zero-order chi connectivity index (χ0) is 19.9. The van der Waals surface area contributed by atoms with Gasteiger partial charge in [-0.25, -0.2) is 15.0 Å². The van der Waals surface area contributed by atoms with Gasteiger partial charge in [-0.3, -0.25) is 9.69 Å². The molecule has 4 heterocycles. The Morgan fingerprint density at radius 1 is 1.00 bits per heavy atom. The summed E-state index contributed by atoms with van der Waals surface area (Å²) < 4.78 is 5.37. The summed E-state index contributed by atoms with van der Waals surface area (Å²) in [5.41, 5.74) is 0.665. The predicted octanol–water partition coefficient (Wildman–Crippen LogP) is 0.578. The maximum atomic E-state index is 12.9. The van der Waals surface area contributed by atoms with Crippen LogP contribution in [-0.2, 0) is 4.74 Å². The summed E-state index contributed by atoms with van der Waals surface area (Å²) in [4.78, 5) is 32.2. The fourth-order valence-electron chi connectivity index (χ4n) is 3.57. The van der Waals surface area contributed by atoms with Crippen molar-refractivity contribution < 1.29 is 9.53 Å². The average molecular weight is 397 g/mol. The van der Waals surface area contributed by atoms with Crippen molar-refractivity contribution in [2.75, 3.05) is 75.8 Å². The Bertz CT molecular complexity index is 790. The molecule has 0 radical (unpaired) electrons. The van der Waals surface area contributed by atoms with Crippen molar-refractivity contribution in [2.24, 2.45) is 0 Å². The van der Waals surface area contributed by atoms with Gasteiger partial charge in [0.15, 0.2) is 0 Å². The lowest BCUT2D eigenvalue weighted by Crippen LogP contribution is -2.49. The molecule has 4 rings (SSSR count). The lowest BCUT2D eigenvalue weighted by atomic mass is 10.2. The van der Waals surface area contributed by atoms with Gasteiger partial charge < -0.3 is 19.9 Å². The van der Waals surface area contributed by atoms with Gasteiger partial charge in [0.2, 0.25) is 5.95 Å². The summed E-state index contributed by atoms with van der Waals surface area (Å²) in [7, 11) is 0. The first-order valence-corrected chi connectivity index (χ1v) is 10.1. The number of rotatable bonds is 6. The first kappa shape index (κ1) is 19.5. The quantitative estimate of drug-likeness (QED) is 0.758. The average Bonchev–Trinajstić information content (AvgIpc) is 2.80. The van der Waals surface area contributed by atoms with E-state index in [4.69, 9.17) is 4.74 Å². The molecule has 2 saturated heterocycles. The van der Waals surface area contributed by atoms with Crippen molar-refractivity contribution in [1.82, 2.24) is 24.8 Å². The normalized spacial score (nSPS) is 17.9. The number of aromatic nitrogens is 3. The van der Waals surface area contributed by atoms with E-state index in [0.29, 0.717) is 18.7 Å². The second-order valence-electron chi connectivity index (χ2n) is 7.14. The van der Waals surface area contributed by atoms with Crippen LogP contribution in [0.2, 0.25) is 0 Å². The van der Waals surface area contributed by atoms with Crippen LogP contribution < -0.4 is 10.2 Å². The van der Waals surface area contributed by atoms with Gasteiger partial charge >= 0.3 is 0 Å². The highest BCUT2D eigenvalue weighted by Crippen LogP contribution is 2.14. The number of piperazine rings is 1. The van der Waals surface area contributed by atoms with Crippen LogP contribution in [0.1, 0.15) is 10.4 Å². The summed E-state index contributed by atoms with van der Waals surface area (Å²) >= 11 is 0. The molecule has 0 saturated carbocycles. The SMILES string of the molecule is O=C(c1ccnc(NCCN2CCOCC2)c1)N1CCN(c2ncccn2)CC1. The largest absolute Gasteiger partial charge is 0.379 e. The molecule has 0 spiro atoms. The second kappa shape index (κ2) is 9.62. The zero-order valence-electron chi connectivity index (χ0n) is 16.5. The molecule has 0 aliphatic carbocycles. The molecular formula is C20H27N7O2. The van der Waals surface area contributed by atoms with E-state index < -0.39 is 0 Å². The van der Waals surface area contributed by atoms with Crippen LogP contribution in [0.3, 0.4) is 0 Å². The Kier molecular flexibility index (Phi) is 6.48. The Balaban J connectivity index is 1.28. The number of hydrogen-bond acceptors (Lipinski definition) is 8. The topological polar surface area (TPSA) is 86.7 Å². The van der Waals surface area contributed by atoms with Gasteiger partial charge in [0.25, 0.3) is 5.91 Å². The fraction of sp³-hybridized carbons (Fsp3) is 0.500. The second-order valence-corrected chi connectivity index (χ2v) is 7.14. The number of nitrogens with one attached hydrogen (secondary N) is 1. The van der Waals surface area contributed by atoms with E-state index >= 15 is 0 Å². The van der Waals surface area contributed by atoms with E-state index in [9.17, 15) is 4.79 Å². The molecule has 0 bridgehead atoms. The third-order valence-corrected chi connectivity index (χ3v) is 5.25. The van der Waals surface area contributed by atoms with Gasteiger partial charge in [0, 0.05) is 76.5 Å². The number of ether oxygens (including phenoxy) is 1. The van der Waals surface area contributed by atoms with E-state index in [2.05, 4.69) is 30.1 Å². The summed E-state index contributed by atoms with van der Waals surface area (Å²) in [5, 5.41) is 3.33. The highest BCUT2D eigenvalue weighted by Gasteiger charge is 2.23. The molecule has 2 aliphatic heterocycles. The summed E-state index contributed by atoms with van der Waals surface area (Å²) in [5.74, 6) is 1.49. The van der Waals surface area contributed by atoms with Crippen LogP contribution in [0.4, 0.5) is 11.8 Å². The Labute approximate surface area is 170 Å². The van der Waals surface area contributed by atoms with Gasteiger partial charge in [-0.2, -0.15) is 0 Å². The standard InChI is InChI=1S/C20H27N7O2/c28-19(26-8-10-27(11-9-26)20-23-3-1-4-24-20)17-2-5-21-18(16-17)22-6-7-25-12-14-29-15-13-25/h1-5,16H,6-15H2,(H,21,22). The summed E-state index contributed by atoms with van der Waals surface area (Å²) in [6, 6.07) is 5.43. The molecule has 1 N–H and O–H groups in total. The first-order chi connectivity index (χ1) is 14.3. The predicted molar refractivity (Wildman–Crippen MR) is 110 cm³/mol. The number of carbonyl (C=O) groups excluding carboxylic acids is 1. The number of carbonyl (C=O) groups is 1. The molecule has 154 valence electrons. The molecule has 0 unspecified atom stereocenters. The van der Waals surface area contributed by atoms with E-state index in [0.717, 1.165) is 64.2 Å². The minimum Gasteiger partial charge on any atom is -0.379 e. The van der Waals surface area contributed by atoms with Crippen molar-refractivity contribution in [3.8, 4) is 0 Å². The van der Waals surface area contributed by atoms with Gasteiger partial charge in [-0.15, -0.1) is 0 Å². The molecule has 9 heteroatoms. The van der Waals surface area contributed by atoms with Gasteiger partial charge in [-0.05, 0) is 18.2 Å². The monoisotopic (exact) mass is 397 g/mol. The maximum absolute atomic E-state index is 12.9. The molecular weight excluding hydrogens is 370 g/mol. The van der Waals surface area contributed by atoms with Crippen LogP contribution in [0.5, 0.6) is 0 Å². The zero-order valence-corrected chi connectivity index (χ0v) is 16.5. The fourth-order valence-corrected chi connectivity index (χ4v) is 3.57. The van der Waals surface area contributed by atoms with Crippen molar-refractivity contribution in [3.63, 3.8) is 0 Å². The van der Waals surface area contributed by atoms with Crippen molar-refractivity contribution in [2.45, 2.75) is 0 Å². The summed E-state index contributed by atoms with van der Waals surface area (Å²) in [6.07, 6.45) is 5.17. The van der Waals surface area contributed by atoms with E-state index in [1.54, 1.807) is 30.7 Å². The lowest BCUT2D eigenvalue weighted by molar-refractivity contribution is 0.0398. The highest BCUT2D eigenvalue weighted by atomic mass is 16.5. The third kappa shape index (κ3) is 5.18. The molecule has 0 aromatic carbocycles. The number of pyridine rings is 1. The number of amides is 1. The maximum Gasteiger partial charge on any atom is 0.254 e. The lowest BCUT2D eigenvalue weighted by Gasteiger charge is -2.34. The van der Waals surface area contributed by atoms with Crippen LogP contribution >= 0.6 is 0 Å². The Hall–Kier alpha value is -2.78. The van der Waals surface area contributed by atoms with Crippen LogP contribution in [0.25, 0.3) is 0 Å². The van der Waals surface area contributed by atoms with Crippen LogP contribution in [0, 0.1) is 0 Å². The van der Waals surface area contributed by atoms with Gasteiger partial charge in [0.1, 0.15) is 5.82 Å².